The van der Waals surface area contributed by atoms with Gasteiger partial charge in [0.1, 0.15) is 6.33 Å². The largest absolute Gasteiger partial charge is 0.466 e. The SMILES string of the molecule is CCOC(=O)CCC(=O)N1CCC(n2cnc3ncccc3c2=O)CC1. The van der Waals surface area contributed by atoms with Gasteiger partial charge in [0, 0.05) is 31.7 Å². The lowest BCUT2D eigenvalue weighted by atomic mass is 10.0. The number of carbonyl (C=O) groups excluding carboxylic acids is 2. The Hall–Kier alpha value is -2.77. The first kappa shape index (κ1) is 18.0. The molecule has 0 saturated carbocycles. The number of aromatic nitrogens is 3. The number of esters is 1. The lowest BCUT2D eigenvalue weighted by molar-refractivity contribution is -0.146. The van der Waals surface area contributed by atoms with Crippen LogP contribution < -0.4 is 5.56 Å². The number of hydrogen-bond acceptors (Lipinski definition) is 6. The minimum atomic E-state index is -0.349. The molecule has 0 unspecified atom stereocenters. The maximum atomic E-state index is 12.6. The van der Waals surface area contributed by atoms with Crippen LogP contribution in [0.3, 0.4) is 0 Å². The molecule has 1 aliphatic rings. The van der Waals surface area contributed by atoms with Crippen LogP contribution in [0.1, 0.15) is 38.6 Å². The molecule has 0 atom stereocenters. The Morgan fingerprint density at radius 2 is 2.00 bits per heavy atom. The zero-order chi connectivity index (χ0) is 18.5. The first-order valence-corrected chi connectivity index (χ1v) is 8.85. The molecule has 0 aromatic carbocycles. The van der Waals surface area contributed by atoms with Crippen molar-refractivity contribution in [3.8, 4) is 0 Å². The molecular formula is C18H22N4O4. The quantitative estimate of drug-likeness (QED) is 0.748. The molecule has 1 amide bonds. The summed E-state index contributed by atoms with van der Waals surface area (Å²) in [4.78, 5) is 46.3. The van der Waals surface area contributed by atoms with Gasteiger partial charge in [-0.25, -0.2) is 9.97 Å². The Labute approximate surface area is 150 Å². The van der Waals surface area contributed by atoms with Gasteiger partial charge in [0.25, 0.3) is 5.56 Å². The summed E-state index contributed by atoms with van der Waals surface area (Å²) in [6, 6.07) is 3.46. The number of amides is 1. The molecular weight excluding hydrogens is 336 g/mol. The zero-order valence-corrected chi connectivity index (χ0v) is 14.8. The van der Waals surface area contributed by atoms with Crippen LogP contribution in [0, 0.1) is 0 Å². The third kappa shape index (κ3) is 3.89. The van der Waals surface area contributed by atoms with E-state index in [1.807, 2.05) is 0 Å². The average molecular weight is 358 g/mol. The maximum Gasteiger partial charge on any atom is 0.306 e. The van der Waals surface area contributed by atoms with Gasteiger partial charge in [-0.2, -0.15) is 0 Å². The second-order valence-corrected chi connectivity index (χ2v) is 6.25. The van der Waals surface area contributed by atoms with E-state index >= 15 is 0 Å². The summed E-state index contributed by atoms with van der Waals surface area (Å²) < 4.78 is 6.49. The van der Waals surface area contributed by atoms with Crippen LogP contribution in [0.25, 0.3) is 11.0 Å². The van der Waals surface area contributed by atoms with Crippen molar-refractivity contribution in [1.29, 1.82) is 0 Å². The van der Waals surface area contributed by atoms with E-state index in [0.29, 0.717) is 43.6 Å². The van der Waals surface area contributed by atoms with Crippen molar-refractivity contribution in [3.63, 3.8) is 0 Å². The molecule has 2 aromatic heterocycles. The standard InChI is InChI=1S/C18H22N4O4/c1-2-26-16(24)6-5-15(23)21-10-7-13(8-11-21)22-12-20-17-14(18(22)25)4-3-9-19-17/h3-4,9,12-13H,2,5-8,10-11H2,1H3. The molecule has 1 saturated heterocycles. The number of rotatable bonds is 5. The fourth-order valence-corrected chi connectivity index (χ4v) is 3.23. The number of fused-ring (bicyclic) bond motifs is 1. The van der Waals surface area contributed by atoms with E-state index in [1.54, 1.807) is 41.0 Å². The van der Waals surface area contributed by atoms with Crippen molar-refractivity contribution >= 4 is 22.9 Å². The monoisotopic (exact) mass is 358 g/mol. The molecule has 0 N–H and O–H groups in total. The van der Waals surface area contributed by atoms with Gasteiger partial charge in [0.15, 0.2) is 5.65 Å². The molecule has 3 rings (SSSR count). The average Bonchev–Trinajstić information content (AvgIpc) is 2.67. The molecule has 0 spiro atoms. The molecule has 1 aliphatic heterocycles. The van der Waals surface area contributed by atoms with E-state index in [1.165, 1.54) is 0 Å². The first-order valence-electron chi connectivity index (χ1n) is 8.85. The van der Waals surface area contributed by atoms with Crippen LogP contribution in [0.5, 0.6) is 0 Å². The Balaban J connectivity index is 1.60. The lowest BCUT2D eigenvalue weighted by Gasteiger charge is -2.32. The van der Waals surface area contributed by atoms with Crippen LogP contribution in [0.15, 0.2) is 29.5 Å². The van der Waals surface area contributed by atoms with E-state index in [9.17, 15) is 14.4 Å². The highest BCUT2D eigenvalue weighted by molar-refractivity contribution is 5.81. The molecule has 0 aliphatic carbocycles. The molecule has 2 aromatic rings. The summed E-state index contributed by atoms with van der Waals surface area (Å²) in [5, 5.41) is 0.503. The van der Waals surface area contributed by atoms with Crippen LogP contribution in [0.4, 0.5) is 0 Å². The van der Waals surface area contributed by atoms with Crippen molar-refractivity contribution in [2.45, 2.75) is 38.6 Å². The zero-order valence-electron chi connectivity index (χ0n) is 14.8. The van der Waals surface area contributed by atoms with Crippen molar-refractivity contribution in [2.24, 2.45) is 0 Å². The molecule has 1 fully saturated rings. The van der Waals surface area contributed by atoms with Gasteiger partial charge in [-0.05, 0) is 31.9 Å². The van der Waals surface area contributed by atoms with Crippen molar-refractivity contribution < 1.29 is 14.3 Å². The molecule has 0 bridgehead atoms. The normalized spacial score (nSPS) is 15.2. The minimum Gasteiger partial charge on any atom is -0.466 e. The van der Waals surface area contributed by atoms with E-state index in [-0.39, 0.29) is 36.3 Å². The second-order valence-electron chi connectivity index (χ2n) is 6.25. The van der Waals surface area contributed by atoms with Crippen LogP contribution in [0.2, 0.25) is 0 Å². The van der Waals surface area contributed by atoms with Crippen LogP contribution in [-0.4, -0.2) is 51.0 Å². The lowest BCUT2D eigenvalue weighted by Crippen LogP contribution is -2.41. The van der Waals surface area contributed by atoms with Crippen LogP contribution >= 0.6 is 0 Å². The van der Waals surface area contributed by atoms with E-state index < -0.39 is 0 Å². The molecule has 138 valence electrons. The third-order valence-corrected chi connectivity index (χ3v) is 4.61. The number of hydrogen-bond donors (Lipinski definition) is 0. The number of likely N-dealkylation sites (tertiary alicyclic amines) is 1. The van der Waals surface area contributed by atoms with Crippen molar-refractivity contribution in [1.82, 2.24) is 19.4 Å². The van der Waals surface area contributed by atoms with Gasteiger partial charge in [0.05, 0.1) is 18.4 Å². The smallest absolute Gasteiger partial charge is 0.306 e. The molecule has 3 heterocycles. The van der Waals surface area contributed by atoms with E-state index in [4.69, 9.17) is 4.74 Å². The summed E-state index contributed by atoms with van der Waals surface area (Å²) >= 11 is 0. The van der Waals surface area contributed by atoms with Gasteiger partial charge in [-0.1, -0.05) is 0 Å². The maximum absolute atomic E-state index is 12.6. The van der Waals surface area contributed by atoms with Crippen molar-refractivity contribution in [2.75, 3.05) is 19.7 Å². The van der Waals surface area contributed by atoms with Gasteiger partial charge in [-0.15, -0.1) is 0 Å². The molecule has 8 heteroatoms. The first-order chi connectivity index (χ1) is 12.6. The molecule has 0 radical (unpaired) electrons. The predicted molar refractivity (Wildman–Crippen MR) is 94.5 cm³/mol. The Morgan fingerprint density at radius 1 is 1.23 bits per heavy atom. The number of nitrogens with zero attached hydrogens (tertiary/aromatic N) is 4. The van der Waals surface area contributed by atoms with Gasteiger partial charge >= 0.3 is 5.97 Å². The van der Waals surface area contributed by atoms with Crippen LogP contribution in [-0.2, 0) is 14.3 Å². The number of carbonyl (C=O) groups is 2. The third-order valence-electron chi connectivity index (χ3n) is 4.61. The predicted octanol–water partition coefficient (Wildman–Crippen LogP) is 1.30. The highest BCUT2D eigenvalue weighted by atomic mass is 16.5. The van der Waals surface area contributed by atoms with Gasteiger partial charge in [-0.3, -0.25) is 19.0 Å². The second kappa shape index (κ2) is 8.07. The van der Waals surface area contributed by atoms with Gasteiger partial charge < -0.3 is 9.64 Å². The Morgan fingerprint density at radius 3 is 2.73 bits per heavy atom. The van der Waals surface area contributed by atoms with E-state index in [0.717, 1.165) is 0 Å². The topological polar surface area (TPSA) is 94.4 Å². The fourth-order valence-electron chi connectivity index (χ4n) is 3.23. The highest BCUT2D eigenvalue weighted by Gasteiger charge is 2.25. The number of ether oxygens (including phenoxy) is 1. The Bertz CT molecular complexity index is 856. The minimum absolute atomic E-state index is 0.00807. The summed E-state index contributed by atoms with van der Waals surface area (Å²) in [5.74, 6) is -0.400. The molecule has 26 heavy (non-hydrogen) atoms. The number of pyridine rings is 1. The summed E-state index contributed by atoms with van der Waals surface area (Å²) in [6.45, 7) is 3.18. The number of piperidine rings is 1. The summed E-state index contributed by atoms with van der Waals surface area (Å²) in [7, 11) is 0. The highest BCUT2D eigenvalue weighted by Crippen LogP contribution is 2.22. The van der Waals surface area contributed by atoms with Crippen molar-refractivity contribution in [3.05, 3.63) is 35.0 Å². The van der Waals surface area contributed by atoms with E-state index in [2.05, 4.69) is 9.97 Å². The Kier molecular flexibility index (Phi) is 5.60. The summed E-state index contributed by atoms with van der Waals surface area (Å²) in [5.41, 5.74) is 0.343. The molecule has 8 nitrogen and oxygen atoms in total. The van der Waals surface area contributed by atoms with Gasteiger partial charge in [0.2, 0.25) is 5.91 Å². The fraction of sp³-hybridized carbons (Fsp3) is 0.500. The summed E-state index contributed by atoms with van der Waals surface area (Å²) in [6.07, 6.45) is 4.78.